The molecular weight excluding hydrogens is 595 g/mol. The van der Waals surface area contributed by atoms with E-state index in [4.69, 9.17) is 26.3 Å². The van der Waals surface area contributed by atoms with Crippen molar-refractivity contribution in [3.8, 4) is 23.4 Å². The summed E-state index contributed by atoms with van der Waals surface area (Å²) in [6, 6.07) is 25.2. The molecule has 0 aliphatic carbocycles. The topological polar surface area (TPSA) is 78.7 Å². The van der Waals surface area contributed by atoms with Gasteiger partial charge in [0.05, 0.1) is 22.9 Å². The van der Waals surface area contributed by atoms with Crippen LogP contribution in [0.3, 0.4) is 0 Å². The summed E-state index contributed by atoms with van der Waals surface area (Å²) in [6.45, 7) is 8.36. The van der Waals surface area contributed by atoms with Crippen molar-refractivity contribution in [2.24, 2.45) is 0 Å². The van der Waals surface area contributed by atoms with Crippen molar-refractivity contribution in [2.75, 3.05) is 26.2 Å². The van der Waals surface area contributed by atoms with Gasteiger partial charge in [0.25, 0.3) is 0 Å². The van der Waals surface area contributed by atoms with E-state index >= 15 is 0 Å². The van der Waals surface area contributed by atoms with Gasteiger partial charge in [-0.25, -0.2) is 4.98 Å². The van der Waals surface area contributed by atoms with Gasteiger partial charge in [-0.2, -0.15) is 5.26 Å². The highest BCUT2D eigenvalue weighted by Gasteiger charge is 2.20. The molecule has 0 bridgehead atoms. The van der Waals surface area contributed by atoms with Crippen LogP contribution in [0, 0.1) is 25.2 Å². The molecule has 0 radical (unpaired) electrons. The van der Waals surface area contributed by atoms with E-state index in [1.165, 1.54) is 11.1 Å². The Labute approximate surface area is 269 Å². The van der Waals surface area contributed by atoms with E-state index in [-0.39, 0.29) is 18.3 Å². The first-order valence-electron chi connectivity index (χ1n) is 14.2. The molecule has 226 valence electrons. The minimum Gasteiger partial charge on any atom is -0.487 e. The molecule has 0 atom stereocenters. The average Bonchev–Trinajstić information content (AvgIpc) is 3.03. The molecule has 3 aromatic carbocycles. The Bertz CT molecular complexity index is 1600. The lowest BCUT2D eigenvalue weighted by Crippen LogP contribution is -2.47. The number of aryl methyl sites for hydroxylation is 2. The molecule has 4 aromatic rings. The third-order valence-electron chi connectivity index (χ3n) is 7.29. The number of piperazine rings is 1. The van der Waals surface area contributed by atoms with Crippen LogP contribution in [0.15, 0.2) is 85.1 Å². The first-order valence-corrected chi connectivity index (χ1v) is 14.5. The number of amides is 1. The Balaban J connectivity index is 0.00000442. The zero-order valence-corrected chi connectivity index (χ0v) is 26.3. The molecule has 0 spiro atoms. The molecule has 1 aliphatic rings. The Morgan fingerprint density at radius 3 is 2.32 bits per heavy atom. The van der Waals surface area contributed by atoms with Crippen molar-refractivity contribution >= 4 is 36.0 Å². The van der Waals surface area contributed by atoms with Gasteiger partial charge in [0.15, 0.2) is 5.75 Å². The molecule has 44 heavy (non-hydrogen) atoms. The molecule has 1 saturated heterocycles. The molecule has 0 N–H and O–H groups in total. The molecule has 0 saturated carbocycles. The first kappa shape index (κ1) is 32.6. The van der Waals surface area contributed by atoms with Gasteiger partial charge in [-0.1, -0.05) is 53.6 Å². The van der Waals surface area contributed by atoms with Crippen LogP contribution in [-0.2, 0) is 17.9 Å². The van der Waals surface area contributed by atoms with Crippen LogP contribution >= 0.6 is 24.0 Å². The number of hydrogen-bond donors (Lipinski definition) is 0. The standard InChI is InChI=1S/C35H33ClN4O3.ClH/c1-25-3-5-28(6-4-25)23-39-15-17-40(18-16-39)34(41)14-11-30-19-26(2)35(32(36)20-30)43-33-13-12-31(22-38-33)42-24-29-9-7-27(21-37)8-10-29;/h3-14,19-20,22H,15-18,23-24H2,1-2H3;1H/b14-11+;. The van der Waals surface area contributed by atoms with E-state index in [1.807, 2.05) is 30.0 Å². The summed E-state index contributed by atoms with van der Waals surface area (Å²) in [5.41, 5.74) is 5.76. The third-order valence-corrected chi connectivity index (χ3v) is 7.57. The van der Waals surface area contributed by atoms with E-state index < -0.39 is 0 Å². The van der Waals surface area contributed by atoms with Gasteiger partial charge in [0.1, 0.15) is 12.4 Å². The Morgan fingerprint density at radius 2 is 1.68 bits per heavy atom. The van der Waals surface area contributed by atoms with Crippen LogP contribution in [0.2, 0.25) is 5.02 Å². The lowest BCUT2D eigenvalue weighted by atomic mass is 10.1. The maximum atomic E-state index is 12.9. The van der Waals surface area contributed by atoms with Gasteiger partial charge in [0.2, 0.25) is 11.8 Å². The smallest absolute Gasteiger partial charge is 0.246 e. The lowest BCUT2D eigenvalue weighted by molar-refractivity contribution is -0.127. The van der Waals surface area contributed by atoms with Crippen molar-refractivity contribution in [1.29, 1.82) is 5.26 Å². The Morgan fingerprint density at radius 1 is 0.977 bits per heavy atom. The zero-order valence-electron chi connectivity index (χ0n) is 24.7. The van der Waals surface area contributed by atoms with Crippen molar-refractivity contribution in [3.05, 3.63) is 123 Å². The molecule has 7 nitrogen and oxygen atoms in total. The quantitative estimate of drug-likeness (QED) is 0.180. The molecule has 1 aromatic heterocycles. The molecule has 1 aliphatic heterocycles. The lowest BCUT2D eigenvalue weighted by Gasteiger charge is -2.34. The summed E-state index contributed by atoms with van der Waals surface area (Å²) in [4.78, 5) is 21.5. The number of benzene rings is 3. The number of hydrogen-bond acceptors (Lipinski definition) is 6. The maximum absolute atomic E-state index is 12.9. The van der Waals surface area contributed by atoms with Gasteiger partial charge >= 0.3 is 0 Å². The number of pyridine rings is 1. The van der Waals surface area contributed by atoms with Crippen molar-refractivity contribution in [2.45, 2.75) is 27.0 Å². The Hall–Kier alpha value is -4.35. The number of nitriles is 1. The van der Waals surface area contributed by atoms with Crippen molar-refractivity contribution in [3.63, 3.8) is 0 Å². The predicted octanol–water partition coefficient (Wildman–Crippen LogP) is 7.37. The Kier molecular flexibility index (Phi) is 11.4. The fourth-order valence-electron chi connectivity index (χ4n) is 4.79. The zero-order chi connectivity index (χ0) is 30.2. The molecule has 5 rings (SSSR count). The summed E-state index contributed by atoms with van der Waals surface area (Å²) >= 11 is 6.58. The average molecular weight is 630 g/mol. The second-order valence-electron chi connectivity index (χ2n) is 10.6. The van der Waals surface area contributed by atoms with Gasteiger partial charge < -0.3 is 14.4 Å². The van der Waals surface area contributed by atoms with Crippen molar-refractivity contribution < 1.29 is 14.3 Å². The highest BCUT2D eigenvalue weighted by atomic mass is 35.5. The highest BCUT2D eigenvalue weighted by Crippen LogP contribution is 2.34. The van der Waals surface area contributed by atoms with E-state index in [1.54, 1.807) is 48.7 Å². The van der Waals surface area contributed by atoms with Gasteiger partial charge in [-0.15, -0.1) is 12.4 Å². The summed E-state index contributed by atoms with van der Waals surface area (Å²) in [5.74, 6) is 1.48. The van der Waals surface area contributed by atoms with E-state index in [0.717, 1.165) is 36.3 Å². The minimum absolute atomic E-state index is 0. The van der Waals surface area contributed by atoms with Gasteiger partial charge in [0, 0.05) is 44.9 Å². The number of nitrogens with zero attached hydrogens (tertiary/aromatic N) is 4. The van der Waals surface area contributed by atoms with Crippen LogP contribution < -0.4 is 9.47 Å². The van der Waals surface area contributed by atoms with Crippen LogP contribution in [-0.4, -0.2) is 46.9 Å². The first-order chi connectivity index (χ1) is 20.9. The van der Waals surface area contributed by atoms with Crippen LogP contribution in [0.1, 0.15) is 33.4 Å². The highest BCUT2D eigenvalue weighted by molar-refractivity contribution is 6.32. The molecule has 1 amide bonds. The fraction of sp³-hybridized carbons (Fsp3) is 0.229. The summed E-state index contributed by atoms with van der Waals surface area (Å²) < 4.78 is 11.8. The van der Waals surface area contributed by atoms with Crippen molar-refractivity contribution in [1.82, 2.24) is 14.8 Å². The number of carbonyl (C=O) groups is 1. The second-order valence-corrected chi connectivity index (χ2v) is 11.0. The summed E-state index contributed by atoms with van der Waals surface area (Å²) in [6.07, 6.45) is 4.99. The van der Waals surface area contributed by atoms with Crippen LogP contribution in [0.5, 0.6) is 17.4 Å². The number of ether oxygens (including phenoxy) is 2. The normalized spacial score (nSPS) is 13.3. The van der Waals surface area contributed by atoms with Crippen LogP contribution in [0.4, 0.5) is 0 Å². The SMILES string of the molecule is Cc1ccc(CN2CCN(C(=O)/C=C/c3cc(C)c(Oc4ccc(OCc5ccc(C#N)cc5)cn4)c(Cl)c3)CC2)cc1.Cl. The summed E-state index contributed by atoms with van der Waals surface area (Å²) in [5, 5.41) is 9.35. The molecule has 2 heterocycles. The molecule has 9 heteroatoms. The monoisotopic (exact) mass is 628 g/mol. The van der Waals surface area contributed by atoms with Crippen LogP contribution in [0.25, 0.3) is 6.08 Å². The maximum Gasteiger partial charge on any atom is 0.246 e. The largest absolute Gasteiger partial charge is 0.487 e. The summed E-state index contributed by atoms with van der Waals surface area (Å²) in [7, 11) is 0. The molecular formula is C35H34Cl2N4O3. The second kappa shape index (κ2) is 15.4. The van der Waals surface area contributed by atoms with E-state index in [0.29, 0.717) is 47.7 Å². The number of rotatable bonds is 9. The molecule has 1 fully saturated rings. The van der Waals surface area contributed by atoms with E-state index in [9.17, 15) is 4.79 Å². The minimum atomic E-state index is -0.00483. The number of aromatic nitrogens is 1. The van der Waals surface area contributed by atoms with E-state index in [2.05, 4.69) is 47.1 Å². The van der Waals surface area contributed by atoms with Gasteiger partial charge in [-0.05, 0) is 72.5 Å². The number of halogens is 2. The predicted molar refractivity (Wildman–Crippen MR) is 175 cm³/mol. The fourth-order valence-corrected chi connectivity index (χ4v) is 5.11. The van der Waals surface area contributed by atoms with Gasteiger partial charge in [-0.3, -0.25) is 9.69 Å². The number of carbonyl (C=O) groups excluding carboxylic acids is 1. The molecule has 0 unspecified atom stereocenters. The third kappa shape index (κ3) is 8.84.